The first-order valence-electron chi connectivity index (χ1n) is 6.83. The molecule has 0 saturated heterocycles. The molecule has 0 radical (unpaired) electrons. The van der Waals surface area contributed by atoms with Crippen molar-refractivity contribution in [2.45, 2.75) is 32.6 Å². The zero-order chi connectivity index (χ0) is 16.3. The maximum absolute atomic E-state index is 11.9. The van der Waals surface area contributed by atoms with Crippen LogP contribution < -0.4 is 5.32 Å². The number of carbonyl (C=O) groups is 2. The Morgan fingerprint density at radius 1 is 1.27 bits per heavy atom. The van der Waals surface area contributed by atoms with Gasteiger partial charge in [0.15, 0.2) is 0 Å². The number of thiophene rings is 1. The first-order valence-corrected chi connectivity index (χ1v) is 8.53. The number of nitrogens with zero attached hydrogens (tertiary/aromatic N) is 1. The van der Waals surface area contributed by atoms with E-state index in [1.807, 2.05) is 0 Å². The second kappa shape index (κ2) is 6.58. The number of aromatic nitrogens is 1. The van der Waals surface area contributed by atoms with Crippen molar-refractivity contribution in [2.24, 2.45) is 0 Å². The summed E-state index contributed by atoms with van der Waals surface area (Å²) in [6.07, 6.45) is 0.670. The first kappa shape index (κ1) is 16.6. The lowest BCUT2D eigenvalue weighted by molar-refractivity contribution is 0.0702. The van der Waals surface area contributed by atoms with E-state index in [4.69, 9.17) is 5.11 Å². The third-order valence-electron chi connectivity index (χ3n) is 2.99. The summed E-state index contributed by atoms with van der Waals surface area (Å²) in [5, 5.41) is 14.7. The Balaban J connectivity index is 1.86. The van der Waals surface area contributed by atoms with Gasteiger partial charge in [0.05, 0.1) is 15.6 Å². The molecule has 118 valence electrons. The number of aromatic carboxylic acids is 1. The molecule has 2 heterocycles. The summed E-state index contributed by atoms with van der Waals surface area (Å²) in [5.41, 5.74) is 1.09. The normalized spacial score (nSPS) is 11.4. The number of carboxylic acids is 1. The van der Waals surface area contributed by atoms with E-state index in [0.29, 0.717) is 17.8 Å². The molecule has 0 unspecified atom stereocenters. The quantitative estimate of drug-likeness (QED) is 0.877. The Morgan fingerprint density at radius 2 is 1.95 bits per heavy atom. The zero-order valence-corrected chi connectivity index (χ0v) is 14.3. The van der Waals surface area contributed by atoms with Crippen molar-refractivity contribution in [1.82, 2.24) is 10.3 Å². The van der Waals surface area contributed by atoms with Gasteiger partial charge in [0.2, 0.25) is 0 Å². The predicted molar refractivity (Wildman–Crippen MR) is 88.1 cm³/mol. The maximum atomic E-state index is 11.9. The second-order valence-electron chi connectivity index (χ2n) is 5.85. The SMILES string of the molecule is CC(C)(C)c1csc(CCNC(=O)c2ccc(C(=O)O)s2)n1. The monoisotopic (exact) mass is 338 g/mol. The Labute approximate surface area is 137 Å². The van der Waals surface area contributed by atoms with Crippen molar-refractivity contribution in [1.29, 1.82) is 0 Å². The number of hydrogen-bond donors (Lipinski definition) is 2. The third kappa shape index (κ3) is 4.14. The van der Waals surface area contributed by atoms with Crippen LogP contribution in [0.4, 0.5) is 0 Å². The van der Waals surface area contributed by atoms with Crippen LogP contribution in [-0.2, 0) is 11.8 Å². The van der Waals surface area contributed by atoms with Gasteiger partial charge in [-0.15, -0.1) is 22.7 Å². The lowest BCUT2D eigenvalue weighted by Gasteiger charge is -2.14. The summed E-state index contributed by atoms with van der Waals surface area (Å²) in [4.78, 5) is 27.9. The van der Waals surface area contributed by atoms with Crippen LogP contribution in [-0.4, -0.2) is 28.5 Å². The molecule has 2 aromatic heterocycles. The molecular weight excluding hydrogens is 320 g/mol. The number of carboxylic acid groups (broad SMARTS) is 1. The van der Waals surface area contributed by atoms with Crippen LogP contribution >= 0.6 is 22.7 Å². The predicted octanol–water partition coefficient (Wildman–Crippen LogP) is 3.17. The third-order valence-corrected chi connectivity index (χ3v) is 4.97. The molecule has 0 spiro atoms. The molecule has 5 nitrogen and oxygen atoms in total. The molecule has 0 atom stereocenters. The number of rotatable bonds is 5. The number of nitrogens with one attached hydrogen (secondary N) is 1. The van der Waals surface area contributed by atoms with Crippen LogP contribution in [0.5, 0.6) is 0 Å². The molecule has 0 aromatic carbocycles. The van der Waals surface area contributed by atoms with E-state index >= 15 is 0 Å². The molecule has 0 fully saturated rings. The van der Waals surface area contributed by atoms with E-state index in [2.05, 4.69) is 36.5 Å². The zero-order valence-electron chi connectivity index (χ0n) is 12.7. The van der Waals surface area contributed by atoms with Crippen LogP contribution in [0.1, 0.15) is 50.8 Å². The Morgan fingerprint density at radius 3 is 2.50 bits per heavy atom. The average molecular weight is 338 g/mol. The van der Waals surface area contributed by atoms with E-state index in [1.165, 1.54) is 12.1 Å². The highest BCUT2D eigenvalue weighted by Crippen LogP contribution is 2.24. The van der Waals surface area contributed by atoms with Gasteiger partial charge in [-0.1, -0.05) is 20.8 Å². The van der Waals surface area contributed by atoms with Gasteiger partial charge < -0.3 is 10.4 Å². The largest absolute Gasteiger partial charge is 0.477 e. The van der Waals surface area contributed by atoms with Crippen molar-refractivity contribution in [3.8, 4) is 0 Å². The fourth-order valence-electron chi connectivity index (χ4n) is 1.72. The van der Waals surface area contributed by atoms with Crippen molar-refractivity contribution < 1.29 is 14.7 Å². The van der Waals surface area contributed by atoms with Gasteiger partial charge in [-0.25, -0.2) is 9.78 Å². The molecule has 2 aromatic rings. The Bertz CT molecular complexity index is 683. The summed E-state index contributed by atoms with van der Waals surface area (Å²) < 4.78 is 0. The van der Waals surface area contributed by atoms with Gasteiger partial charge >= 0.3 is 5.97 Å². The Hall–Kier alpha value is -1.73. The number of amides is 1. The molecule has 0 aliphatic rings. The molecule has 0 saturated carbocycles. The highest BCUT2D eigenvalue weighted by molar-refractivity contribution is 7.15. The minimum Gasteiger partial charge on any atom is -0.477 e. The fourth-order valence-corrected chi connectivity index (χ4v) is 3.50. The number of carbonyl (C=O) groups excluding carboxylic acids is 1. The number of hydrogen-bond acceptors (Lipinski definition) is 5. The highest BCUT2D eigenvalue weighted by atomic mass is 32.1. The molecular formula is C15H18N2O3S2. The summed E-state index contributed by atoms with van der Waals surface area (Å²) in [6, 6.07) is 2.98. The molecule has 2 rings (SSSR count). The summed E-state index contributed by atoms with van der Waals surface area (Å²) >= 11 is 2.57. The first-order chi connectivity index (χ1) is 10.3. The van der Waals surface area contributed by atoms with Gasteiger partial charge in [0.1, 0.15) is 4.88 Å². The van der Waals surface area contributed by atoms with Crippen LogP contribution in [0.2, 0.25) is 0 Å². The van der Waals surface area contributed by atoms with Gasteiger partial charge in [0.25, 0.3) is 5.91 Å². The van der Waals surface area contributed by atoms with Crippen molar-refractivity contribution in [3.63, 3.8) is 0 Å². The van der Waals surface area contributed by atoms with Gasteiger partial charge in [-0.05, 0) is 12.1 Å². The lowest BCUT2D eigenvalue weighted by atomic mass is 9.93. The molecule has 1 amide bonds. The van der Waals surface area contributed by atoms with E-state index < -0.39 is 5.97 Å². The van der Waals surface area contributed by atoms with Crippen LogP contribution in [0.3, 0.4) is 0 Å². The minimum atomic E-state index is -1.01. The highest BCUT2D eigenvalue weighted by Gasteiger charge is 2.17. The fraction of sp³-hybridized carbons (Fsp3) is 0.400. The van der Waals surface area contributed by atoms with Gasteiger partial charge in [-0.2, -0.15) is 0 Å². The van der Waals surface area contributed by atoms with Crippen molar-refractivity contribution >= 4 is 34.6 Å². The molecule has 22 heavy (non-hydrogen) atoms. The topological polar surface area (TPSA) is 79.3 Å². The van der Waals surface area contributed by atoms with E-state index in [0.717, 1.165) is 22.0 Å². The molecule has 0 aliphatic carbocycles. The van der Waals surface area contributed by atoms with Gasteiger partial charge in [0, 0.05) is 23.8 Å². The summed E-state index contributed by atoms with van der Waals surface area (Å²) in [7, 11) is 0. The smallest absolute Gasteiger partial charge is 0.345 e. The van der Waals surface area contributed by atoms with E-state index in [1.54, 1.807) is 11.3 Å². The second-order valence-corrected chi connectivity index (χ2v) is 7.88. The number of thiazole rings is 1. The average Bonchev–Trinajstić information content (AvgIpc) is 3.07. The standard InChI is InChI=1S/C15H18N2O3S2/c1-15(2,3)11-8-21-12(17-11)6-7-16-13(18)9-4-5-10(22-9)14(19)20/h4-5,8H,6-7H2,1-3H3,(H,16,18)(H,19,20). The van der Waals surface area contributed by atoms with Crippen LogP contribution in [0.15, 0.2) is 17.5 Å². The van der Waals surface area contributed by atoms with Gasteiger partial charge in [-0.3, -0.25) is 4.79 Å². The molecule has 2 N–H and O–H groups in total. The van der Waals surface area contributed by atoms with Crippen molar-refractivity contribution in [3.05, 3.63) is 38.0 Å². The van der Waals surface area contributed by atoms with Crippen LogP contribution in [0.25, 0.3) is 0 Å². The van der Waals surface area contributed by atoms with E-state index in [-0.39, 0.29) is 16.2 Å². The molecule has 0 bridgehead atoms. The van der Waals surface area contributed by atoms with Crippen LogP contribution in [0, 0.1) is 0 Å². The molecule has 7 heteroatoms. The van der Waals surface area contributed by atoms with E-state index in [9.17, 15) is 9.59 Å². The van der Waals surface area contributed by atoms with Crippen molar-refractivity contribution in [2.75, 3.05) is 6.54 Å². The lowest BCUT2D eigenvalue weighted by Crippen LogP contribution is -2.24. The minimum absolute atomic E-state index is 0.0300. The maximum Gasteiger partial charge on any atom is 0.345 e. The Kier molecular flexibility index (Phi) is 4.97. The molecule has 0 aliphatic heterocycles. The summed E-state index contributed by atoms with van der Waals surface area (Å²) in [5.74, 6) is -1.26. The summed E-state index contributed by atoms with van der Waals surface area (Å²) in [6.45, 7) is 6.83.